The van der Waals surface area contributed by atoms with Crippen LogP contribution in [0.3, 0.4) is 0 Å². The summed E-state index contributed by atoms with van der Waals surface area (Å²) in [6, 6.07) is 2.54. The van der Waals surface area contributed by atoms with Gasteiger partial charge in [0.2, 0.25) is 18.1 Å². The Balaban J connectivity index is 1.95. The van der Waals surface area contributed by atoms with Crippen molar-refractivity contribution in [3.63, 3.8) is 0 Å². The van der Waals surface area contributed by atoms with E-state index in [1.807, 2.05) is 20.8 Å². The van der Waals surface area contributed by atoms with Gasteiger partial charge in [-0.25, -0.2) is 0 Å². The molecule has 1 aromatic heterocycles. The molecule has 2 heterocycles. The molecule has 1 aliphatic rings. The summed E-state index contributed by atoms with van der Waals surface area (Å²) in [4.78, 5) is 38.8. The van der Waals surface area contributed by atoms with Crippen LogP contribution in [0.1, 0.15) is 44.0 Å². The monoisotopic (exact) mass is 431 g/mol. The van der Waals surface area contributed by atoms with Gasteiger partial charge in [0.25, 0.3) is 5.91 Å². The zero-order valence-electron chi connectivity index (χ0n) is 18.1. The normalized spacial score (nSPS) is 14.3. The molecule has 2 atom stereocenters. The van der Waals surface area contributed by atoms with E-state index >= 15 is 0 Å². The number of carbonyl (C=O) groups is 2. The molecule has 0 saturated heterocycles. The second-order valence-corrected chi connectivity index (χ2v) is 7.59. The minimum Gasteiger partial charge on any atom is -0.454 e. The van der Waals surface area contributed by atoms with Gasteiger partial charge in [0, 0.05) is 32.0 Å². The fraction of sp³-hybridized carbons (Fsp3) is 0.500. The summed E-state index contributed by atoms with van der Waals surface area (Å²) in [5, 5.41) is 14.7. The lowest BCUT2D eigenvalue weighted by atomic mass is 9.97. The molecule has 0 fully saturated rings. The molecule has 3 N–H and O–H groups in total. The summed E-state index contributed by atoms with van der Waals surface area (Å²) >= 11 is 0. The summed E-state index contributed by atoms with van der Waals surface area (Å²) < 4.78 is 12.6. The first-order valence-corrected chi connectivity index (χ1v) is 10.6. The molecule has 1 unspecified atom stereocenters. The molecular formula is C22H29N3O6. The smallest absolute Gasteiger partial charge is 0.257 e. The molecule has 168 valence electrons. The average molecular weight is 431 g/mol. The van der Waals surface area contributed by atoms with Gasteiger partial charge in [-0.05, 0) is 25.3 Å². The number of hydrogen-bond acceptors (Lipinski definition) is 6. The van der Waals surface area contributed by atoms with Crippen LogP contribution in [0.5, 0.6) is 11.5 Å². The van der Waals surface area contributed by atoms with Gasteiger partial charge in [-0.2, -0.15) is 0 Å². The first kappa shape index (κ1) is 22.6. The Morgan fingerprint density at radius 2 is 1.94 bits per heavy atom. The van der Waals surface area contributed by atoms with Crippen molar-refractivity contribution < 1.29 is 24.2 Å². The van der Waals surface area contributed by atoms with Gasteiger partial charge in [-0.1, -0.05) is 20.3 Å². The quantitative estimate of drug-likeness (QED) is 0.517. The van der Waals surface area contributed by atoms with E-state index in [0.29, 0.717) is 48.3 Å². The lowest BCUT2D eigenvalue weighted by molar-refractivity contribution is -0.124. The molecule has 0 radical (unpaired) electrons. The van der Waals surface area contributed by atoms with Crippen molar-refractivity contribution in [2.24, 2.45) is 5.92 Å². The Kier molecular flexibility index (Phi) is 7.17. The van der Waals surface area contributed by atoms with Crippen molar-refractivity contribution in [2.45, 2.75) is 46.2 Å². The fourth-order valence-corrected chi connectivity index (χ4v) is 3.52. The van der Waals surface area contributed by atoms with Gasteiger partial charge in [-0.3, -0.25) is 14.4 Å². The van der Waals surface area contributed by atoms with E-state index in [1.54, 1.807) is 16.7 Å². The molecule has 3 rings (SSSR count). The third-order valence-corrected chi connectivity index (χ3v) is 5.58. The van der Waals surface area contributed by atoms with E-state index in [0.717, 1.165) is 0 Å². The predicted molar refractivity (Wildman–Crippen MR) is 115 cm³/mol. The highest BCUT2D eigenvalue weighted by Crippen LogP contribution is 2.35. The Hall–Kier alpha value is -3.07. The van der Waals surface area contributed by atoms with E-state index in [2.05, 4.69) is 10.6 Å². The van der Waals surface area contributed by atoms with Crippen LogP contribution >= 0.6 is 0 Å². The Morgan fingerprint density at radius 1 is 1.23 bits per heavy atom. The van der Waals surface area contributed by atoms with Gasteiger partial charge in [0.05, 0.1) is 10.9 Å². The molecular weight excluding hydrogens is 402 g/mol. The zero-order valence-corrected chi connectivity index (χ0v) is 18.1. The number of amides is 2. The number of benzene rings is 1. The maximum atomic E-state index is 13.1. The van der Waals surface area contributed by atoms with Crippen LogP contribution in [0.4, 0.5) is 0 Å². The van der Waals surface area contributed by atoms with Crippen LogP contribution in [0, 0.1) is 5.92 Å². The van der Waals surface area contributed by atoms with Gasteiger partial charge < -0.3 is 29.8 Å². The highest BCUT2D eigenvalue weighted by Gasteiger charge is 2.28. The number of pyridine rings is 1. The number of ether oxygens (including phenoxy) is 2. The predicted octanol–water partition coefficient (Wildman–Crippen LogP) is 1.39. The van der Waals surface area contributed by atoms with Crippen LogP contribution in [0.15, 0.2) is 23.1 Å². The number of carbonyl (C=O) groups excluding carboxylic acids is 2. The average Bonchev–Trinajstić information content (AvgIpc) is 3.23. The van der Waals surface area contributed by atoms with E-state index in [1.165, 1.54) is 6.20 Å². The summed E-state index contributed by atoms with van der Waals surface area (Å²) in [5.41, 5.74) is 0.178. The second kappa shape index (κ2) is 9.82. The van der Waals surface area contributed by atoms with Crippen LogP contribution in [0.25, 0.3) is 10.9 Å². The lowest BCUT2D eigenvalue weighted by Crippen LogP contribution is -2.51. The zero-order chi connectivity index (χ0) is 22.5. The highest BCUT2D eigenvalue weighted by molar-refractivity contribution is 6.00. The standard InChI is InChI=1S/C22H29N3O6/c1-4-13(3)19(22(29)23-7-6-8-26)24-21(28)15-11-25(5-2)16-10-18-17(30-12-31-18)9-14(16)20(15)27/h9-11,13,19,26H,4-8,12H2,1-3H3,(H,23,29)(H,24,28)/t13?,19-/m1/s1. The first-order valence-electron chi connectivity index (χ1n) is 10.6. The number of nitrogens with zero attached hydrogens (tertiary/aromatic N) is 1. The Morgan fingerprint density at radius 3 is 2.58 bits per heavy atom. The van der Waals surface area contributed by atoms with Crippen LogP contribution in [-0.4, -0.2) is 47.5 Å². The van der Waals surface area contributed by atoms with Crippen molar-refractivity contribution in [3.8, 4) is 11.5 Å². The van der Waals surface area contributed by atoms with E-state index in [9.17, 15) is 14.4 Å². The van der Waals surface area contributed by atoms with E-state index in [4.69, 9.17) is 14.6 Å². The highest BCUT2D eigenvalue weighted by atomic mass is 16.7. The van der Waals surface area contributed by atoms with Crippen molar-refractivity contribution in [1.29, 1.82) is 0 Å². The number of hydrogen-bond donors (Lipinski definition) is 3. The summed E-state index contributed by atoms with van der Waals surface area (Å²) in [5.74, 6) is -0.0560. The first-order chi connectivity index (χ1) is 14.9. The number of aliphatic hydroxyl groups excluding tert-OH is 1. The van der Waals surface area contributed by atoms with Gasteiger partial charge in [-0.15, -0.1) is 0 Å². The second-order valence-electron chi connectivity index (χ2n) is 7.59. The third-order valence-electron chi connectivity index (χ3n) is 5.58. The Bertz CT molecular complexity index is 1030. The number of nitrogens with one attached hydrogen (secondary N) is 2. The van der Waals surface area contributed by atoms with Gasteiger partial charge >= 0.3 is 0 Å². The molecule has 2 amide bonds. The largest absolute Gasteiger partial charge is 0.454 e. The molecule has 0 spiro atoms. The van der Waals surface area contributed by atoms with Crippen molar-refractivity contribution in [1.82, 2.24) is 15.2 Å². The van der Waals surface area contributed by atoms with Crippen LogP contribution in [-0.2, 0) is 11.3 Å². The molecule has 0 bridgehead atoms. The number of fused-ring (bicyclic) bond motifs is 2. The topological polar surface area (TPSA) is 119 Å². The maximum Gasteiger partial charge on any atom is 0.257 e. The number of aliphatic hydroxyl groups is 1. The van der Waals surface area contributed by atoms with Gasteiger partial charge in [0.1, 0.15) is 11.6 Å². The Labute approximate surface area is 180 Å². The molecule has 1 aliphatic heterocycles. The molecule has 9 heteroatoms. The molecule has 0 aliphatic carbocycles. The summed E-state index contributed by atoms with van der Waals surface area (Å²) in [6.45, 7) is 6.59. The fourth-order valence-electron chi connectivity index (χ4n) is 3.52. The molecule has 0 saturated carbocycles. The van der Waals surface area contributed by atoms with E-state index in [-0.39, 0.29) is 30.8 Å². The number of rotatable bonds is 9. The molecule has 9 nitrogen and oxygen atoms in total. The minimum absolute atomic E-state index is 0.0350. The third kappa shape index (κ3) is 4.66. The van der Waals surface area contributed by atoms with Crippen molar-refractivity contribution >= 4 is 22.7 Å². The molecule has 2 aromatic rings. The molecule has 31 heavy (non-hydrogen) atoms. The molecule has 1 aromatic carbocycles. The maximum absolute atomic E-state index is 13.1. The number of aromatic nitrogens is 1. The van der Waals surface area contributed by atoms with Crippen molar-refractivity contribution in [3.05, 3.63) is 34.1 Å². The minimum atomic E-state index is -0.793. The van der Waals surface area contributed by atoms with Crippen molar-refractivity contribution in [2.75, 3.05) is 19.9 Å². The van der Waals surface area contributed by atoms with Crippen LogP contribution in [0.2, 0.25) is 0 Å². The van der Waals surface area contributed by atoms with Crippen LogP contribution < -0.4 is 25.5 Å². The SMILES string of the molecule is CCC(C)[C@@H](NC(=O)c1cn(CC)c2cc3c(cc2c1=O)OCO3)C(=O)NCCCO. The van der Waals surface area contributed by atoms with Gasteiger partial charge in [0.15, 0.2) is 11.5 Å². The summed E-state index contributed by atoms with van der Waals surface area (Å²) in [6.07, 6.45) is 2.60. The lowest BCUT2D eigenvalue weighted by Gasteiger charge is -2.23. The van der Waals surface area contributed by atoms with E-state index < -0.39 is 17.4 Å². The summed E-state index contributed by atoms with van der Waals surface area (Å²) in [7, 11) is 0. The number of aryl methyl sites for hydroxylation is 1.